The van der Waals surface area contributed by atoms with Gasteiger partial charge in [0.15, 0.2) is 0 Å². The SMILES string of the molecule is CCCC1CCC(O)CC1N(C)CC1CN(C)C1. The number of aliphatic hydroxyl groups excluding tert-OH is 1. The van der Waals surface area contributed by atoms with Crippen LogP contribution in [-0.4, -0.2) is 60.8 Å². The molecule has 3 nitrogen and oxygen atoms in total. The van der Waals surface area contributed by atoms with Crippen LogP contribution in [0.15, 0.2) is 0 Å². The first-order valence-electron chi connectivity index (χ1n) is 7.67. The van der Waals surface area contributed by atoms with Gasteiger partial charge in [0.05, 0.1) is 6.10 Å². The smallest absolute Gasteiger partial charge is 0.0555 e. The molecule has 1 aliphatic heterocycles. The fourth-order valence-electron chi connectivity index (χ4n) is 3.92. The van der Waals surface area contributed by atoms with E-state index in [0.29, 0.717) is 6.04 Å². The van der Waals surface area contributed by atoms with E-state index in [9.17, 15) is 5.11 Å². The highest BCUT2D eigenvalue weighted by atomic mass is 16.3. The Bertz CT molecular complexity index is 253. The summed E-state index contributed by atoms with van der Waals surface area (Å²) in [4.78, 5) is 4.93. The lowest BCUT2D eigenvalue weighted by atomic mass is 9.79. The lowest BCUT2D eigenvalue weighted by molar-refractivity contribution is 0.0124. The van der Waals surface area contributed by atoms with Crippen LogP contribution in [0.3, 0.4) is 0 Å². The van der Waals surface area contributed by atoms with Crippen molar-refractivity contribution >= 4 is 0 Å². The van der Waals surface area contributed by atoms with Crippen molar-refractivity contribution in [3.05, 3.63) is 0 Å². The van der Waals surface area contributed by atoms with Crippen molar-refractivity contribution in [2.24, 2.45) is 11.8 Å². The number of nitrogens with zero attached hydrogens (tertiary/aromatic N) is 2. The summed E-state index contributed by atoms with van der Waals surface area (Å²) in [5, 5.41) is 9.93. The first-order valence-corrected chi connectivity index (χ1v) is 7.67. The Morgan fingerprint density at radius 1 is 1.28 bits per heavy atom. The summed E-state index contributed by atoms with van der Waals surface area (Å²) in [6.45, 7) is 5.99. The van der Waals surface area contributed by atoms with Gasteiger partial charge < -0.3 is 14.9 Å². The van der Waals surface area contributed by atoms with E-state index in [4.69, 9.17) is 0 Å². The highest BCUT2D eigenvalue weighted by Gasteiger charge is 2.34. The van der Waals surface area contributed by atoms with Crippen LogP contribution in [0.25, 0.3) is 0 Å². The van der Waals surface area contributed by atoms with Crippen molar-refractivity contribution < 1.29 is 5.11 Å². The molecule has 0 spiro atoms. The summed E-state index contributed by atoms with van der Waals surface area (Å²) in [6.07, 6.45) is 5.76. The summed E-state index contributed by atoms with van der Waals surface area (Å²) in [5.74, 6) is 1.66. The van der Waals surface area contributed by atoms with Gasteiger partial charge in [0.25, 0.3) is 0 Å². The first-order chi connectivity index (χ1) is 8.60. The van der Waals surface area contributed by atoms with Crippen molar-refractivity contribution in [2.45, 2.75) is 51.2 Å². The Morgan fingerprint density at radius 3 is 2.61 bits per heavy atom. The fourth-order valence-corrected chi connectivity index (χ4v) is 3.92. The predicted octanol–water partition coefficient (Wildman–Crippen LogP) is 1.81. The van der Waals surface area contributed by atoms with E-state index < -0.39 is 0 Å². The average Bonchev–Trinajstić information content (AvgIpc) is 2.29. The maximum atomic E-state index is 9.93. The number of hydrogen-bond acceptors (Lipinski definition) is 3. The van der Waals surface area contributed by atoms with Gasteiger partial charge in [-0.1, -0.05) is 13.3 Å². The zero-order valence-electron chi connectivity index (χ0n) is 12.3. The number of aliphatic hydroxyl groups is 1. The quantitative estimate of drug-likeness (QED) is 0.810. The van der Waals surface area contributed by atoms with Crippen molar-refractivity contribution in [1.82, 2.24) is 9.80 Å². The first kappa shape index (κ1) is 14.3. The van der Waals surface area contributed by atoms with E-state index in [-0.39, 0.29) is 6.10 Å². The minimum Gasteiger partial charge on any atom is -0.393 e. The van der Waals surface area contributed by atoms with Crippen molar-refractivity contribution in [1.29, 1.82) is 0 Å². The molecule has 0 aromatic heterocycles. The second-order valence-corrected chi connectivity index (χ2v) is 6.61. The monoisotopic (exact) mass is 254 g/mol. The van der Waals surface area contributed by atoms with Gasteiger partial charge in [-0.25, -0.2) is 0 Å². The molecule has 0 aromatic carbocycles. The molecule has 0 amide bonds. The van der Waals surface area contributed by atoms with Gasteiger partial charge in [0, 0.05) is 25.7 Å². The molecule has 1 saturated carbocycles. The van der Waals surface area contributed by atoms with Crippen LogP contribution < -0.4 is 0 Å². The second kappa shape index (κ2) is 6.36. The van der Waals surface area contributed by atoms with Gasteiger partial charge in [0.1, 0.15) is 0 Å². The van der Waals surface area contributed by atoms with Crippen molar-refractivity contribution in [2.75, 3.05) is 33.7 Å². The van der Waals surface area contributed by atoms with Gasteiger partial charge in [0.2, 0.25) is 0 Å². The molecule has 2 fully saturated rings. The van der Waals surface area contributed by atoms with Crippen LogP contribution in [0.1, 0.15) is 39.0 Å². The van der Waals surface area contributed by atoms with E-state index in [1.807, 2.05) is 0 Å². The molecule has 3 atom stereocenters. The van der Waals surface area contributed by atoms with E-state index >= 15 is 0 Å². The molecular weight excluding hydrogens is 224 g/mol. The van der Waals surface area contributed by atoms with Crippen LogP contribution in [0.5, 0.6) is 0 Å². The van der Waals surface area contributed by atoms with E-state index in [0.717, 1.165) is 24.7 Å². The second-order valence-electron chi connectivity index (χ2n) is 6.61. The molecule has 3 heteroatoms. The van der Waals surface area contributed by atoms with Crippen LogP contribution in [0.2, 0.25) is 0 Å². The molecule has 2 rings (SSSR count). The number of rotatable bonds is 5. The molecule has 0 radical (unpaired) electrons. The molecule has 1 saturated heterocycles. The molecule has 2 aliphatic rings. The van der Waals surface area contributed by atoms with Crippen molar-refractivity contribution in [3.8, 4) is 0 Å². The zero-order chi connectivity index (χ0) is 13.1. The summed E-state index contributed by atoms with van der Waals surface area (Å²) < 4.78 is 0. The third kappa shape index (κ3) is 3.46. The highest BCUT2D eigenvalue weighted by molar-refractivity contribution is 4.88. The van der Waals surface area contributed by atoms with Gasteiger partial charge in [-0.15, -0.1) is 0 Å². The van der Waals surface area contributed by atoms with Gasteiger partial charge >= 0.3 is 0 Å². The molecule has 0 aromatic rings. The van der Waals surface area contributed by atoms with Crippen LogP contribution >= 0.6 is 0 Å². The maximum absolute atomic E-state index is 9.93. The largest absolute Gasteiger partial charge is 0.393 e. The molecule has 18 heavy (non-hydrogen) atoms. The molecule has 0 bridgehead atoms. The summed E-state index contributed by atoms with van der Waals surface area (Å²) in [7, 11) is 4.46. The number of hydrogen-bond donors (Lipinski definition) is 1. The maximum Gasteiger partial charge on any atom is 0.0555 e. The Kier molecular flexibility index (Phi) is 5.05. The van der Waals surface area contributed by atoms with Crippen LogP contribution in [0.4, 0.5) is 0 Å². The lowest BCUT2D eigenvalue weighted by Crippen LogP contribution is -2.52. The minimum atomic E-state index is -0.0605. The van der Waals surface area contributed by atoms with Gasteiger partial charge in [-0.2, -0.15) is 0 Å². The Balaban J connectivity index is 1.85. The third-order valence-corrected chi connectivity index (χ3v) is 4.84. The molecule has 1 N–H and O–H groups in total. The van der Waals surface area contributed by atoms with Crippen molar-refractivity contribution in [3.63, 3.8) is 0 Å². The Labute approximate surface area is 112 Å². The van der Waals surface area contributed by atoms with E-state index in [1.54, 1.807) is 0 Å². The standard InChI is InChI=1S/C15H30N2O/c1-4-5-13-6-7-14(18)8-15(13)17(3)11-12-9-16(2)10-12/h12-15,18H,4-11H2,1-3H3. The number of likely N-dealkylation sites (tertiary alicyclic amines) is 1. The molecule has 1 aliphatic carbocycles. The third-order valence-electron chi connectivity index (χ3n) is 4.84. The highest BCUT2D eigenvalue weighted by Crippen LogP contribution is 2.32. The summed E-state index contributed by atoms with van der Waals surface area (Å²) in [5.41, 5.74) is 0. The van der Waals surface area contributed by atoms with E-state index in [2.05, 4.69) is 30.8 Å². The summed E-state index contributed by atoms with van der Waals surface area (Å²) >= 11 is 0. The minimum absolute atomic E-state index is 0.0605. The Morgan fingerprint density at radius 2 is 2.00 bits per heavy atom. The zero-order valence-corrected chi connectivity index (χ0v) is 12.3. The van der Waals surface area contributed by atoms with Gasteiger partial charge in [-0.05, 0) is 51.6 Å². The molecular formula is C15H30N2O. The lowest BCUT2D eigenvalue weighted by Gasteiger charge is -2.44. The van der Waals surface area contributed by atoms with Crippen LogP contribution in [-0.2, 0) is 0 Å². The molecule has 106 valence electrons. The Hall–Kier alpha value is -0.120. The molecule has 3 unspecified atom stereocenters. The predicted molar refractivity (Wildman–Crippen MR) is 75.7 cm³/mol. The normalized spacial score (nSPS) is 34.8. The topological polar surface area (TPSA) is 26.7 Å². The summed E-state index contributed by atoms with van der Waals surface area (Å²) in [6, 6.07) is 0.611. The van der Waals surface area contributed by atoms with Crippen LogP contribution in [0, 0.1) is 11.8 Å². The molecule has 1 heterocycles. The van der Waals surface area contributed by atoms with E-state index in [1.165, 1.54) is 38.9 Å². The van der Waals surface area contributed by atoms with Gasteiger partial charge in [-0.3, -0.25) is 0 Å². The average molecular weight is 254 g/mol. The fraction of sp³-hybridized carbons (Fsp3) is 1.00.